The number of anilines is 1. The van der Waals surface area contributed by atoms with Crippen molar-refractivity contribution in [3.8, 4) is 11.5 Å². The molecule has 1 aliphatic heterocycles. The molecule has 1 aliphatic rings. The second-order valence-corrected chi connectivity index (χ2v) is 6.51. The standard InChI is InChI=1S/C20H21F3N2O3/c1-27-12-5-6-13(17(10-12)28-2)16-4-3-9-25(16)11-18(26)24-15-8-7-14(21)19(22)20(15)23/h5-8,10,16H,3-4,9,11H2,1-2H3,(H,24,26)/t16-/m1/s1. The van der Waals surface area contributed by atoms with E-state index in [1.165, 1.54) is 0 Å². The van der Waals surface area contributed by atoms with E-state index in [4.69, 9.17) is 9.47 Å². The summed E-state index contributed by atoms with van der Waals surface area (Å²) in [4.78, 5) is 14.3. The van der Waals surface area contributed by atoms with Crippen LogP contribution < -0.4 is 14.8 Å². The molecule has 0 bridgehead atoms. The molecule has 0 unspecified atom stereocenters. The van der Waals surface area contributed by atoms with Gasteiger partial charge >= 0.3 is 0 Å². The predicted molar refractivity (Wildman–Crippen MR) is 98.0 cm³/mol. The van der Waals surface area contributed by atoms with Crippen molar-refractivity contribution < 1.29 is 27.4 Å². The van der Waals surface area contributed by atoms with Gasteiger partial charge in [-0.1, -0.05) is 6.07 Å². The Morgan fingerprint density at radius 1 is 1.14 bits per heavy atom. The summed E-state index contributed by atoms with van der Waals surface area (Å²) in [5.74, 6) is -3.52. The molecule has 1 saturated heterocycles. The molecular formula is C20H21F3N2O3. The number of rotatable bonds is 6. The fourth-order valence-corrected chi connectivity index (χ4v) is 3.46. The molecule has 2 aromatic rings. The molecule has 3 rings (SSSR count). The molecule has 0 aromatic heterocycles. The molecule has 1 heterocycles. The fourth-order valence-electron chi connectivity index (χ4n) is 3.46. The Balaban J connectivity index is 1.74. The molecule has 1 fully saturated rings. The van der Waals surface area contributed by atoms with Gasteiger partial charge in [0.1, 0.15) is 11.5 Å². The van der Waals surface area contributed by atoms with Gasteiger partial charge in [-0.3, -0.25) is 9.69 Å². The third-order valence-electron chi connectivity index (χ3n) is 4.82. The van der Waals surface area contributed by atoms with E-state index >= 15 is 0 Å². The van der Waals surface area contributed by atoms with Gasteiger partial charge in [-0.2, -0.15) is 0 Å². The van der Waals surface area contributed by atoms with Gasteiger partial charge in [-0.25, -0.2) is 13.2 Å². The molecule has 28 heavy (non-hydrogen) atoms. The van der Waals surface area contributed by atoms with E-state index in [-0.39, 0.29) is 18.3 Å². The molecule has 5 nitrogen and oxygen atoms in total. The highest BCUT2D eigenvalue weighted by Crippen LogP contribution is 2.38. The minimum Gasteiger partial charge on any atom is -0.497 e. The van der Waals surface area contributed by atoms with Crippen LogP contribution in [0.4, 0.5) is 18.9 Å². The molecular weight excluding hydrogens is 373 g/mol. The van der Waals surface area contributed by atoms with Gasteiger partial charge in [0, 0.05) is 17.7 Å². The third-order valence-corrected chi connectivity index (χ3v) is 4.82. The van der Waals surface area contributed by atoms with Crippen LogP contribution in [0.25, 0.3) is 0 Å². The maximum atomic E-state index is 13.8. The summed E-state index contributed by atoms with van der Waals surface area (Å²) in [7, 11) is 3.13. The Kier molecular flexibility index (Phi) is 6.08. The van der Waals surface area contributed by atoms with Crippen LogP contribution in [0.5, 0.6) is 11.5 Å². The summed E-state index contributed by atoms with van der Waals surface area (Å²) in [5, 5.41) is 2.31. The van der Waals surface area contributed by atoms with Crippen molar-refractivity contribution in [3.05, 3.63) is 53.3 Å². The first-order valence-electron chi connectivity index (χ1n) is 8.84. The van der Waals surface area contributed by atoms with E-state index in [1.807, 2.05) is 17.0 Å². The van der Waals surface area contributed by atoms with Crippen molar-refractivity contribution in [2.75, 3.05) is 32.6 Å². The van der Waals surface area contributed by atoms with Gasteiger partial charge in [-0.15, -0.1) is 0 Å². The molecule has 150 valence electrons. The summed E-state index contributed by atoms with van der Waals surface area (Å²) in [5.41, 5.74) is 0.536. The molecule has 1 atom stereocenters. The second kappa shape index (κ2) is 8.52. The van der Waals surface area contributed by atoms with Crippen molar-refractivity contribution in [1.82, 2.24) is 4.90 Å². The minimum atomic E-state index is -1.61. The average Bonchev–Trinajstić information content (AvgIpc) is 3.15. The minimum absolute atomic E-state index is 0.0156. The van der Waals surface area contributed by atoms with Crippen molar-refractivity contribution in [3.63, 3.8) is 0 Å². The Morgan fingerprint density at radius 3 is 2.64 bits per heavy atom. The van der Waals surface area contributed by atoms with E-state index in [0.717, 1.165) is 30.5 Å². The molecule has 0 aliphatic carbocycles. The summed E-state index contributed by atoms with van der Waals surface area (Å²) >= 11 is 0. The van der Waals surface area contributed by atoms with Crippen LogP contribution in [0.15, 0.2) is 30.3 Å². The molecule has 1 N–H and O–H groups in total. The maximum Gasteiger partial charge on any atom is 0.238 e. The molecule has 0 radical (unpaired) electrons. The van der Waals surface area contributed by atoms with Gasteiger partial charge in [0.15, 0.2) is 17.5 Å². The van der Waals surface area contributed by atoms with Gasteiger partial charge in [0.25, 0.3) is 0 Å². The quantitative estimate of drug-likeness (QED) is 0.755. The van der Waals surface area contributed by atoms with Crippen LogP contribution in [0.2, 0.25) is 0 Å². The molecule has 0 saturated carbocycles. The van der Waals surface area contributed by atoms with Crippen LogP contribution in [-0.2, 0) is 4.79 Å². The number of amides is 1. The Hall–Kier alpha value is -2.74. The van der Waals surface area contributed by atoms with Crippen molar-refractivity contribution in [1.29, 1.82) is 0 Å². The zero-order valence-corrected chi connectivity index (χ0v) is 15.6. The van der Waals surface area contributed by atoms with E-state index in [1.54, 1.807) is 20.3 Å². The number of halogens is 3. The SMILES string of the molecule is COc1ccc([C@H]2CCCN2CC(=O)Nc2ccc(F)c(F)c2F)c(OC)c1. The monoisotopic (exact) mass is 394 g/mol. The first-order chi connectivity index (χ1) is 13.4. The van der Waals surface area contributed by atoms with Crippen LogP contribution in [-0.4, -0.2) is 38.1 Å². The lowest BCUT2D eigenvalue weighted by atomic mass is 10.0. The Morgan fingerprint density at radius 2 is 1.93 bits per heavy atom. The van der Waals surface area contributed by atoms with Crippen LogP contribution in [0.3, 0.4) is 0 Å². The zero-order valence-electron chi connectivity index (χ0n) is 15.6. The highest BCUT2D eigenvalue weighted by atomic mass is 19.2. The predicted octanol–water partition coefficient (Wildman–Crippen LogP) is 3.90. The number of hydrogen-bond acceptors (Lipinski definition) is 4. The number of nitrogens with zero attached hydrogens (tertiary/aromatic N) is 1. The molecule has 2 aromatic carbocycles. The van der Waals surface area contributed by atoms with Crippen molar-refractivity contribution >= 4 is 11.6 Å². The van der Waals surface area contributed by atoms with E-state index in [2.05, 4.69) is 5.32 Å². The van der Waals surface area contributed by atoms with Gasteiger partial charge in [-0.05, 0) is 37.6 Å². The molecule has 8 heteroatoms. The lowest BCUT2D eigenvalue weighted by Gasteiger charge is -2.26. The normalized spacial score (nSPS) is 16.8. The Bertz CT molecular complexity index is 876. The summed E-state index contributed by atoms with van der Waals surface area (Å²) < 4.78 is 50.8. The average molecular weight is 394 g/mol. The second-order valence-electron chi connectivity index (χ2n) is 6.51. The lowest BCUT2D eigenvalue weighted by Crippen LogP contribution is -2.33. The van der Waals surface area contributed by atoms with Crippen LogP contribution in [0, 0.1) is 17.5 Å². The smallest absolute Gasteiger partial charge is 0.238 e. The van der Waals surface area contributed by atoms with Crippen molar-refractivity contribution in [2.45, 2.75) is 18.9 Å². The van der Waals surface area contributed by atoms with Crippen LogP contribution >= 0.6 is 0 Å². The van der Waals surface area contributed by atoms with E-state index in [9.17, 15) is 18.0 Å². The largest absolute Gasteiger partial charge is 0.497 e. The first-order valence-corrected chi connectivity index (χ1v) is 8.84. The summed E-state index contributed by atoms with van der Waals surface area (Å²) in [6, 6.07) is 7.22. The third kappa shape index (κ3) is 4.06. The molecule has 1 amide bonds. The van der Waals surface area contributed by atoms with Gasteiger partial charge in [0.2, 0.25) is 5.91 Å². The maximum absolute atomic E-state index is 13.8. The number of likely N-dealkylation sites (tertiary alicyclic amines) is 1. The number of carbonyl (C=O) groups is 1. The number of carbonyl (C=O) groups excluding carboxylic acids is 1. The summed E-state index contributed by atoms with van der Waals surface area (Å²) in [6.45, 7) is 0.659. The topological polar surface area (TPSA) is 50.8 Å². The van der Waals surface area contributed by atoms with Crippen molar-refractivity contribution in [2.24, 2.45) is 0 Å². The van der Waals surface area contributed by atoms with Crippen LogP contribution in [0.1, 0.15) is 24.4 Å². The zero-order chi connectivity index (χ0) is 20.3. The van der Waals surface area contributed by atoms with E-state index in [0.29, 0.717) is 18.0 Å². The summed E-state index contributed by atoms with van der Waals surface area (Å²) in [6.07, 6.45) is 1.71. The Labute approximate surface area is 161 Å². The molecule has 0 spiro atoms. The fraction of sp³-hybridized carbons (Fsp3) is 0.350. The number of nitrogens with one attached hydrogen (secondary N) is 1. The first kappa shape index (κ1) is 20.0. The highest BCUT2D eigenvalue weighted by molar-refractivity contribution is 5.92. The number of methoxy groups -OCH3 is 2. The number of ether oxygens (including phenoxy) is 2. The van der Waals surface area contributed by atoms with Gasteiger partial charge in [0.05, 0.1) is 26.5 Å². The van der Waals surface area contributed by atoms with Gasteiger partial charge < -0.3 is 14.8 Å². The van der Waals surface area contributed by atoms with E-state index < -0.39 is 23.4 Å². The lowest BCUT2D eigenvalue weighted by molar-refractivity contribution is -0.117. The number of hydrogen-bond donors (Lipinski definition) is 1. The number of benzene rings is 2. The highest BCUT2D eigenvalue weighted by Gasteiger charge is 2.30.